The van der Waals surface area contributed by atoms with E-state index in [0.29, 0.717) is 12.1 Å². The Morgan fingerprint density at radius 2 is 2.00 bits per heavy atom. The quantitative estimate of drug-likeness (QED) is 0.797. The molecule has 0 N–H and O–H groups in total. The van der Waals surface area contributed by atoms with Crippen LogP contribution >= 0.6 is 11.3 Å². The number of thiophene rings is 1. The standard InChI is InChI=1S/C17H25N3OS/c1-13-6-9-17(22-13)19-11-14-7-8-15(12-19)20(14)16(21)5-4-10-18(2)3/h4-6,9,14-15H,7-8,10-12H2,1-3H3/b5-4+. The van der Waals surface area contributed by atoms with E-state index in [2.05, 4.69) is 33.8 Å². The largest absolute Gasteiger partial charge is 0.359 e. The number of hydrogen-bond donors (Lipinski definition) is 0. The molecule has 1 amide bonds. The summed E-state index contributed by atoms with van der Waals surface area (Å²) in [5.41, 5.74) is 0. The van der Waals surface area contributed by atoms with E-state index in [4.69, 9.17) is 0 Å². The van der Waals surface area contributed by atoms with Gasteiger partial charge in [0.15, 0.2) is 0 Å². The molecule has 2 bridgehead atoms. The first-order chi connectivity index (χ1) is 10.5. The fraction of sp³-hybridized carbons (Fsp3) is 0.588. The molecule has 2 unspecified atom stereocenters. The molecule has 2 saturated heterocycles. The molecular weight excluding hydrogens is 294 g/mol. The van der Waals surface area contributed by atoms with E-state index < -0.39 is 0 Å². The average Bonchev–Trinajstić information content (AvgIpc) is 3.00. The topological polar surface area (TPSA) is 26.8 Å². The second kappa shape index (κ2) is 6.42. The van der Waals surface area contributed by atoms with E-state index in [9.17, 15) is 4.79 Å². The van der Waals surface area contributed by atoms with Gasteiger partial charge in [-0.3, -0.25) is 4.79 Å². The first-order valence-electron chi connectivity index (χ1n) is 7.99. The van der Waals surface area contributed by atoms with Crippen LogP contribution in [0.2, 0.25) is 0 Å². The number of hydrogen-bond acceptors (Lipinski definition) is 4. The van der Waals surface area contributed by atoms with Gasteiger partial charge in [-0.05, 0) is 46.0 Å². The van der Waals surface area contributed by atoms with Crippen LogP contribution in [0.25, 0.3) is 0 Å². The molecule has 22 heavy (non-hydrogen) atoms. The molecule has 1 aromatic heterocycles. The number of carbonyl (C=O) groups excluding carboxylic acids is 1. The lowest BCUT2D eigenvalue weighted by atomic mass is 10.2. The van der Waals surface area contributed by atoms with Crippen LogP contribution in [-0.2, 0) is 4.79 Å². The van der Waals surface area contributed by atoms with Crippen molar-refractivity contribution < 1.29 is 4.79 Å². The molecule has 1 aromatic rings. The monoisotopic (exact) mass is 319 g/mol. The van der Waals surface area contributed by atoms with E-state index in [1.807, 2.05) is 31.5 Å². The number of amides is 1. The minimum atomic E-state index is 0.191. The van der Waals surface area contributed by atoms with Gasteiger partial charge in [0.2, 0.25) is 5.91 Å². The zero-order valence-corrected chi connectivity index (χ0v) is 14.5. The van der Waals surface area contributed by atoms with Gasteiger partial charge >= 0.3 is 0 Å². The minimum absolute atomic E-state index is 0.191. The Morgan fingerprint density at radius 3 is 2.55 bits per heavy atom. The van der Waals surface area contributed by atoms with Crippen LogP contribution in [0, 0.1) is 6.92 Å². The van der Waals surface area contributed by atoms with Crippen molar-refractivity contribution in [2.45, 2.75) is 31.8 Å². The van der Waals surface area contributed by atoms with Crippen molar-refractivity contribution in [3.63, 3.8) is 0 Å². The Bertz CT molecular complexity index is 552. The Hall–Kier alpha value is -1.33. The van der Waals surface area contributed by atoms with Crippen LogP contribution in [0.4, 0.5) is 5.00 Å². The second-order valence-corrected chi connectivity index (χ2v) is 7.85. The van der Waals surface area contributed by atoms with Crippen molar-refractivity contribution in [2.75, 3.05) is 38.6 Å². The van der Waals surface area contributed by atoms with Gasteiger partial charge < -0.3 is 14.7 Å². The van der Waals surface area contributed by atoms with Crippen molar-refractivity contribution in [2.24, 2.45) is 0 Å². The molecule has 0 aliphatic carbocycles. The molecule has 0 spiro atoms. The van der Waals surface area contributed by atoms with E-state index in [1.165, 1.54) is 9.88 Å². The first kappa shape index (κ1) is 15.6. The molecule has 3 rings (SSSR count). The maximum Gasteiger partial charge on any atom is 0.246 e. The number of carbonyl (C=O) groups is 1. The van der Waals surface area contributed by atoms with Gasteiger partial charge in [-0.2, -0.15) is 0 Å². The van der Waals surface area contributed by atoms with Gasteiger partial charge in [-0.25, -0.2) is 0 Å². The van der Waals surface area contributed by atoms with E-state index in [1.54, 1.807) is 6.08 Å². The lowest BCUT2D eigenvalue weighted by Gasteiger charge is -2.41. The SMILES string of the molecule is Cc1ccc(N2CC3CCC(C2)N3C(=O)/C=C/CN(C)C)s1. The van der Waals surface area contributed by atoms with Crippen molar-refractivity contribution >= 4 is 22.2 Å². The third-order valence-corrected chi connectivity index (χ3v) is 5.57. The Labute approximate surface area is 137 Å². The molecule has 0 saturated carbocycles. The summed E-state index contributed by atoms with van der Waals surface area (Å²) in [6, 6.07) is 5.15. The highest BCUT2D eigenvalue weighted by Crippen LogP contribution is 2.35. The van der Waals surface area contributed by atoms with E-state index in [0.717, 1.165) is 32.5 Å². The zero-order chi connectivity index (χ0) is 15.7. The number of likely N-dealkylation sites (N-methyl/N-ethyl adjacent to an activating group) is 1. The molecule has 3 heterocycles. The number of anilines is 1. The molecule has 2 fully saturated rings. The normalized spacial score (nSPS) is 24.7. The summed E-state index contributed by atoms with van der Waals surface area (Å²) in [5.74, 6) is 0.191. The smallest absolute Gasteiger partial charge is 0.246 e. The second-order valence-electron chi connectivity index (χ2n) is 6.58. The first-order valence-corrected chi connectivity index (χ1v) is 8.81. The predicted octanol–water partition coefficient (Wildman–Crippen LogP) is 2.35. The van der Waals surface area contributed by atoms with Gasteiger partial charge in [0, 0.05) is 42.7 Å². The lowest BCUT2D eigenvalue weighted by Crippen LogP contribution is -2.55. The number of fused-ring (bicyclic) bond motifs is 2. The highest BCUT2D eigenvalue weighted by atomic mass is 32.1. The Balaban J connectivity index is 1.65. The van der Waals surface area contributed by atoms with Gasteiger partial charge in [-0.1, -0.05) is 6.08 Å². The predicted molar refractivity (Wildman–Crippen MR) is 92.6 cm³/mol. The molecule has 2 aliphatic rings. The summed E-state index contributed by atoms with van der Waals surface area (Å²) in [6.45, 7) is 4.92. The Morgan fingerprint density at radius 1 is 1.32 bits per heavy atom. The lowest BCUT2D eigenvalue weighted by molar-refractivity contribution is -0.129. The zero-order valence-electron chi connectivity index (χ0n) is 13.7. The minimum Gasteiger partial charge on any atom is -0.359 e. The van der Waals surface area contributed by atoms with Gasteiger partial charge in [-0.15, -0.1) is 11.3 Å². The maximum absolute atomic E-state index is 12.5. The van der Waals surface area contributed by atoms with Crippen LogP contribution in [0.1, 0.15) is 17.7 Å². The molecule has 5 heteroatoms. The highest BCUT2D eigenvalue weighted by Gasteiger charge is 2.42. The van der Waals surface area contributed by atoms with E-state index >= 15 is 0 Å². The summed E-state index contributed by atoms with van der Waals surface area (Å²) >= 11 is 1.86. The molecular formula is C17H25N3OS. The van der Waals surface area contributed by atoms with Crippen LogP contribution in [0.3, 0.4) is 0 Å². The molecule has 0 aromatic carbocycles. The van der Waals surface area contributed by atoms with E-state index in [-0.39, 0.29) is 5.91 Å². The van der Waals surface area contributed by atoms with Crippen molar-refractivity contribution in [1.29, 1.82) is 0 Å². The van der Waals surface area contributed by atoms with Gasteiger partial charge in [0.25, 0.3) is 0 Å². The van der Waals surface area contributed by atoms with Crippen LogP contribution in [0.15, 0.2) is 24.3 Å². The number of aryl methyl sites for hydroxylation is 1. The van der Waals surface area contributed by atoms with Crippen molar-refractivity contribution in [3.05, 3.63) is 29.2 Å². The van der Waals surface area contributed by atoms with Crippen molar-refractivity contribution in [1.82, 2.24) is 9.80 Å². The molecule has 2 atom stereocenters. The summed E-state index contributed by atoms with van der Waals surface area (Å²) < 4.78 is 0. The fourth-order valence-corrected chi connectivity index (χ4v) is 4.36. The number of piperazine rings is 1. The van der Waals surface area contributed by atoms with Gasteiger partial charge in [0.05, 0.1) is 5.00 Å². The van der Waals surface area contributed by atoms with Crippen molar-refractivity contribution in [3.8, 4) is 0 Å². The number of nitrogens with zero attached hydrogens (tertiary/aromatic N) is 3. The highest BCUT2D eigenvalue weighted by molar-refractivity contribution is 7.16. The molecule has 120 valence electrons. The third-order valence-electron chi connectivity index (χ3n) is 4.51. The summed E-state index contributed by atoms with van der Waals surface area (Å²) in [5, 5.41) is 1.35. The average molecular weight is 319 g/mol. The summed E-state index contributed by atoms with van der Waals surface area (Å²) in [4.78, 5) is 20.5. The fourth-order valence-electron chi connectivity index (χ4n) is 3.48. The van der Waals surface area contributed by atoms with Gasteiger partial charge in [0.1, 0.15) is 0 Å². The molecule has 0 radical (unpaired) electrons. The Kier molecular flexibility index (Phi) is 4.54. The summed E-state index contributed by atoms with van der Waals surface area (Å²) in [6.07, 6.45) is 6.00. The number of rotatable bonds is 4. The van der Waals surface area contributed by atoms with Crippen LogP contribution in [-0.4, -0.2) is 61.5 Å². The van der Waals surface area contributed by atoms with Crippen LogP contribution in [0.5, 0.6) is 0 Å². The third kappa shape index (κ3) is 3.20. The molecule has 2 aliphatic heterocycles. The maximum atomic E-state index is 12.5. The summed E-state index contributed by atoms with van der Waals surface area (Å²) in [7, 11) is 4.03. The van der Waals surface area contributed by atoms with Crippen LogP contribution < -0.4 is 4.90 Å². The molecule has 4 nitrogen and oxygen atoms in total.